The first-order chi connectivity index (χ1) is 13.5. The van der Waals surface area contributed by atoms with E-state index in [1.54, 1.807) is 18.2 Å². The molecular formula is C21H17ClFN3O2. The number of phenols is 1. The standard InChI is InChI=1S/C21H17ClFN3O2/c1-12-6-7-26-18(8-12)25-19(13-9-16(23)20(27)17(10-13)28-2)21(26)24-15-5-3-4-14(22)11-15/h3-11,24,27H,1-2H3. The van der Waals surface area contributed by atoms with Gasteiger partial charge >= 0.3 is 0 Å². The number of methoxy groups -OCH3 is 1. The number of halogens is 2. The summed E-state index contributed by atoms with van der Waals surface area (Å²) in [5.74, 6) is -0.632. The van der Waals surface area contributed by atoms with E-state index in [0.717, 1.165) is 11.3 Å². The third-order valence-electron chi connectivity index (χ3n) is 4.39. The summed E-state index contributed by atoms with van der Waals surface area (Å²) in [5, 5.41) is 13.7. The first kappa shape index (κ1) is 18.1. The number of nitrogens with one attached hydrogen (secondary N) is 1. The van der Waals surface area contributed by atoms with Crippen molar-refractivity contribution >= 4 is 28.8 Å². The summed E-state index contributed by atoms with van der Waals surface area (Å²) in [5.41, 5.74) is 3.50. The molecule has 2 N–H and O–H groups in total. The number of anilines is 2. The number of aromatic hydroxyl groups is 1. The highest BCUT2D eigenvalue weighted by Gasteiger charge is 2.19. The molecular weight excluding hydrogens is 381 g/mol. The SMILES string of the molecule is COc1cc(-c2nc3cc(C)ccn3c2Nc2cccc(Cl)c2)cc(F)c1O. The Kier molecular flexibility index (Phi) is 4.57. The van der Waals surface area contributed by atoms with Crippen LogP contribution in [-0.4, -0.2) is 21.6 Å². The average Bonchev–Trinajstić information content (AvgIpc) is 3.01. The van der Waals surface area contributed by atoms with Crippen molar-refractivity contribution < 1.29 is 14.2 Å². The number of hydrogen-bond donors (Lipinski definition) is 2. The lowest BCUT2D eigenvalue weighted by Crippen LogP contribution is -1.97. The van der Waals surface area contributed by atoms with Crippen LogP contribution in [-0.2, 0) is 0 Å². The third-order valence-corrected chi connectivity index (χ3v) is 4.63. The van der Waals surface area contributed by atoms with Crippen LogP contribution >= 0.6 is 11.6 Å². The number of imidazole rings is 1. The van der Waals surface area contributed by atoms with Crippen LogP contribution < -0.4 is 10.1 Å². The van der Waals surface area contributed by atoms with Gasteiger partial charge in [-0.3, -0.25) is 4.40 Å². The molecule has 4 rings (SSSR count). The quantitative estimate of drug-likeness (QED) is 0.473. The lowest BCUT2D eigenvalue weighted by atomic mass is 10.1. The van der Waals surface area contributed by atoms with Gasteiger partial charge in [-0.05, 0) is 55.0 Å². The molecule has 2 aromatic heterocycles. The number of pyridine rings is 1. The zero-order valence-electron chi connectivity index (χ0n) is 15.2. The molecule has 0 atom stereocenters. The minimum absolute atomic E-state index is 0.0388. The lowest BCUT2D eigenvalue weighted by molar-refractivity contribution is 0.357. The van der Waals surface area contributed by atoms with E-state index < -0.39 is 11.6 Å². The highest BCUT2D eigenvalue weighted by Crippen LogP contribution is 2.38. The number of fused-ring (bicyclic) bond motifs is 1. The molecule has 0 saturated carbocycles. The van der Waals surface area contributed by atoms with Crippen LogP contribution in [0.3, 0.4) is 0 Å². The van der Waals surface area contributed by atoms with Gasteiger partial charge in [-0.1, -0.05) is 17.7 Å². The maximum Gasteiger partial charge on any atom is 0.194 e. The number of aromatic nitrogens is 2. The molecule has 142 valence electrons. The Morgan fingerprint density at radius 1 is 1.18 bits per heavy atom. The second kappa shape index (κ2) is 7.05. The van der Waals surface area contributed by atoms with Crippen LogP contribution in [0.25, 0.3) is 16.9 Å². The van der Waals surface area contributed by atoms with Gasteiger partial charge in [-0.2, -0.15) is 0 Å². The second-order valence-corrected chi connectivity index (χ2v) is 6.82. The summed E-state index contributed by atoms with van der Waals surface area (Å²) in [7, 11) is 1.37. The molecule has 0 unspecified atom stereocenters. The van der Waals surface area contributed by atoms with Crippen molar-refractivity contribution in [3.8, 4) is 22.8 Å². The van der Waals surface area contributed by atoms with E-state index in [4.69, 9.17) is 16.3 Å². The van der Waals surface area contributed by atoms with Crippen LogP contribution in [0, 0.1) is 12.7 Å². The molecule has 0 aliphatic rings. The molecule has 2 heterocycles. The Balaban J connectivity index is 1.94. The van der Waals surface area contributed by atoms with Crippen molar-refractivity contribution in [1.29, 1.82) is 0 Å². The molecule has 2 aromatic carbocycles. The minimum Gasteiger partial charge on any atom is -0.502 e. The monoisotopic (exact) mass is 397 g/mol. The summed E-state index contributed by atoms with van der Waals surface area (Å²) in [6.45, 7) is 1.97. The smallest absolute Gasteiger partial charge is 0.194 e. The van der Waals surface area contributed by atoms with Gasteiger partial charge in [0.05, 0.1) is 7.11 Å². The number of benzene rings is 2. The molecule has 28 heavy (non-hydrogen) atoms. The van der Waals surface area contributed by atoms with Gasteiger partial charge in [-0.15, -0.1) is 0 Å². The first-order valence-corrected chi connectivity index (χ1v) is 8.92. The van der Waals surface area contributed by atoms with Crippen molar-refractivity contribution in [2.24, 2.45) is 0 Å². The summed E-state index contributed by atoms with van der Waals surface area (Å²) in [4.78, 5) is 4.67. The average molecular weight is 398 g/mol. The van der Waals surface area contributed by atoms with Gasteiger partial charge in [0.1, 0.15) is 17.2 Å². The van der Waals surface area contributed by atoms with Crippen molar-refractivity contribution in [2.75, 3.05) is 12.4 Å². The van der Waals surface area contributed by atoms with Gasteiger partial charge in [0.25, 0.3) is 0 Å². The van der Waals surface area contributed by atoms with E-state index in [9.17, 15) is 9.50 Å². The number of ether oxygens (including phenoxy) is 1. The largest absolute Gasteiger partial charge is 0.502 e. The Morgan fingerprint density at radius 2 is 2.00 bits per heavy atom. The summed E-state index contributed by atoms with van der Waals surface area (Å²) in [6.07, 6.45) is 1.89. The predicted octanol–water partition coefficient (Wildman–Crippen LogP) is 5.56. The predicted molar refractivity (Wildman–Crippen MR) is 108 cm³/mol. The Hall–Kier alpha value is -3.25. The number of aryl methyl sites for hydroxylation is 1. The zero-order valence-corrected chi connectivity index (χ0v) is 16.0. The molecule has 0 bridgehead atoms. The fourth-order valence-electron chi connectivity index (χ4n) is 3.04. The van der Waals surface area contributed by atoms with Gasteiger partial charge in [0, 0.05) is 22.5 Å². The van der Waals surface area contributed by atoms with E-state index in [1.165, 1.54) is 13.2 Å². The molecule has 0 fully saturated rings. The molecule has 0 saturated heterocycles. The molecule has 0 spiro atoms. The maximum absolute atomic E-state index is 14.2. The van der Waals surface area contributed by atoms with Crippen LogP contribution in [0.2, 0.25) is 5.02 Å². The maximum atomic E-state index is 14.2. The third kappa shape index (κ3) is 3.23. The number of hydrogen-bond acceptors (Lipinski definition) is 4. The van der Waals surface area contributed by atoms with Crippen molar-refractivity contribution in [2.45, 2.75) is 6.92 Å². The van der Waals surface area contributed by atoms with Gasteiger partial charge < -0.3 is 15.2 Å². The topological polar surface area (TPSA) is 58.8 Å². The molecule has 7 heteroatoms. The van der Waals surface area contributed by atoms with Gasteiger partial charge in [0.15, 0.2) is 17.3 Å². The Morgan fingerprint density at radius 3 is 2.75 bits per heavy atom. The van der Waals surface area contributed by atoms with E-state index in [0.29, 0.717) is 27.7 Å². The number of rotatable bonds is 4. The van der Waals surface area contributed by atoms with E-state index in [-0.39, 0.29) is 5.75 Å². The van der Waals surface area contributed by atoms with Crippen LogP contribution in [0.4, 0.5) is 15.9 Å². The lowest BCUT2D eigenvalue weighted by Gasteiger charge is -2.11. The van der Waals surface area contributed by atoms with Crippen LogP contribution in [0.1, 0.15) is 5.56 Å². The first-order valence-electron chi connectivity index (χ1n) is 8.54. The molecule has 5 nitrogen and oxygen atoms in total. The molecule has 0 amide bonds. The van der Waals surface area contributed by atoms with E-state index in [2.05, 4.69) is 10.3 Å². The summed E-state index contributed by atoms with van der Waals surface area (Å²) < 4.78 is 21.2. The molecule has 0 aliphatic heterocycles. The van der Waals surface area contributed by atoms with Crippen molar-refractivity contribution in [1.82, 2.24) is 9.38 Å². The van der Waals surface area contributed by atoms with Crippen LogP contribution in [0.15, 0.2) is 54.7 Å². The summed E-state index contributed by atoms with van der Waals surface area (Å²) in [6, 6.07) is 14.0. The fourth-order valence-corrected chi connectivity index (χ4v) is 3.23. The van der Waals surface area contributed by atoms with E-state index >= 15 is 0 Å². The van der Waals surface area contributed by atoms with E-state index in [1.807, 2.05) is 41.8 Å². The normalized spacial score (nSPS) is 11.0. The molecule has 4 aromatic rings. The zero-order chi connectivity index (χ0) is 19.8. The Bertz CT molecular complexity index is 1190. The second-order valence-electron chi connectivity index (χ2n) is 6.39. The fraction of sp³-hybridized carbons (Fsp3) is 0.0952. The summed E-state index contributed by atoms with van der Waals surface area (Å²) >= 11 is 6.10. The van der Waals surface area contributed by atoms with Crippen molar-refractivity contribution in [3.63, 3.8) is 0 Å². The van der Waals surface area contributed by atoms with Crippen LogP contribution in [0.5, 0.6) is 11.5 Å². The highest BCUT2D eigenvalue weighted by molar-refractivity contribution is 6.30. The Labute approximate surface area is 166 Å². The molecule has 0 radical (unpaired) electrons. The number of phenolic OH excluding ortho intramolecular Hbond substituents is 1. The number of nitrogens with zero attached hydrogens (tertiary/aromatic N) is 2. The van der Waals surface area contributed by atoms with Gasteiger partial charge in [0.2, 0.25) is 0 Å². The highest BCUT2D eigenvalue weighted by atomic mass is 35.5. The van der Waals surface area contributed by atoms with Gasteiger partial charge in [-0.25, -0.2) is 9.37 Å². The molecule has 0 aliphatic carbocycles. The van der Waals surface area contributed by atoms with Crippen molar-refractivity contribution in [3.05, 3.63) is 71.1 Å². The minimum atomic E-state index is -0.781.